The fourth-order valence-electron chi connectivity index (χ4n) is 4.99. The highest BCUT2D eigenvalue weighted by atomic mass is 35.5. The molecule has 0 saturated carbocycles. The summed E-state index contributed by atoms with van der Waals surface area (Å²) in [4.78, 5) is 39.9. The fourth-order valence-corrected chi connectivity index (χ4v) is 5.23. The second-order valence-electron chi connectivity index (χ2n) is 9.54. The number of phenolic OH excluding ortho intramolecular Hbond substituents is 1. The summed E-state index contributed by atoms with van der Waals surface area (Å²) in [6.07, 6.45) is 0.800. The molecule has 0 unspecified atom stereocenters. The van der Waals surface area contributed by atoms with E-state index in [2.05, 4.69) is 5.32 Å². The van der Waals surface area contributed by atoms with Gasteiger partial charge in [-0.15, -0.1) is 0 Å². The first-order chi connectivity index (χ1) is 18.2. The second kappa shape index (κ2) is 10.00. The molecule has 3 aromatic carbocycles. The van der Waals surface area contributed by atoms with Gasteiger partial charge in [-0.2, -0.15) is 0 Å². The molecule has 9 nitrogen and oxygen atoms in total. The molecule has 0 spiro atoms. The number of fused-ring (bicyclic) bond motifs is 5. The second-order valence-corrected chi connectivity index (χ2v) is 9.95. The quantitative estimate of drug-likeness (QED) is 0.221. The maximum Gasteiger partial charge on any atom is 0.259 e. The van der Waals surface area contributed by atoms with E-state index in [1.165, 1.54) is 6.07 Å². The van der Waals surface area contributed by atoms with Crippen LogP contribution in [-0.4, -0.2) is 59.5 Å². The number of aryl methyl sites for hydroxylation is 1. The Morgan fingerprint density at radius 1 is 1.08 bits per heavy atom. The van der Waals surface area contributed by atoms with E-state index < -0.39 is 17.7 Å². The molecule has 4 aromatic rings. The summed E-state index contributed by atoms with van der Waals surface area (Å²) in [5.41, 5.74) is 8.22. The minimum absolute atomic E-state index is 0.0441. The maximum absolute atomic E-state index is 13.1. The third-order valence-corrected chi connectivity index (χ3v) is 7.00. The van der Waals surface area contributed by atoms with Crippen LogP contribution in [0.1, 0.15) is 33.6 Å². The SMILES string of the molecule is CN(C)CCCOc1cc2c(cc1O)c1c3c(c(-c4ccccc4Cl)cc1n2CCC(N)=O)C(=O)NC3=O. The lowest BCUT2D eigenvalue weighted by atomic mass is 9.93. The summed E-state index contributed by atoms with van der Waals surface area (Å²) in [6, 6.07) is 12.1. The number of hydrogen-bond donors (Lipinski definition) is 3. The Morgan fingerprint density at radius 3 is 2.53 bits per heavy atom. The Morgan fingerprint density at radius 2 is 1.82 bits per heavy atom. The number of hydrogen-bond acceptors (Lipinski definition) is 6. The zero-order valence-electron chi connectivity index (χ0n) is 21.0. The number of primary amides is 1. The van der Waals surface area contributed by atoms with Gasteiger partial charge in [0.25, 0.3) is 11.8 Å². The van der Waals surface area contributed by atoms with Gasteiger partial charge in [0, 0.05) is 46.9 Å². The number of ether oxygens (including phenoxy) is 1. The van der Waals surface area contributed by atoms with Crippen LogP contribution in [0.15, 0.2) is 42.5 Å². The van der Waals surface area contributed by atoms with Crippen molar-refractivity contribution in [3.8, 4) is 22.6 Å². The van der Waals surface area contributed by atoms with Crippen LogP contribution in [-0.2, 0) is 11.3 Å². The molecule has 5 rings (SSSR count). The van der Waals surface area contributed by atoms with Crippen LogP contribution in [0.5, 0.6) is 11.5 Å². The number of nitrogens with two attached hydrogens (primary N) is 1. The van der Waals surface area contributed by atoms with Crippen molar-refractivity contribution in [2.45, 2.75) is 19.4 Å². The number of aromatic nitrogens is 1. The van der Waals surface area contributed by atoms with Crippen molar-refractivity contribution >= 4 is 51.1 Å². The van der Waals surface area contributed by atoms with Crippen LogP contribution in [0.2, 0.25) is 5.02 Å². The van der Waals surface area contributed by atoms with Crippen LogP contribution >= 0.6 is 11.6 Å². The average Bonchev–Trinajstić information content (AvgIpc) is 3.32. The van der Waals surface area contributed by atoms with E-state index in [9.17, 15) is 19.5 Å². The lowest BCUT2D eigenvalue weighted by molar-refractivity contribution is -0.118. The van der Waals surface area contributed by atoms with Gasteiger partial charge in [-0.25, -0.2) is 0 Å². The number of carbonyl (C=O) groups excluding carboxylic acids is 3. The molecule has 0 saturated heterocycles. The van der Waals surface area contributed by atoms with Crippen LogP contribution in [0, 0.1) is 0 Å². The smallest absolute Gasteiger partial charge is 0.259 e. The molecule has 0 atom stereocenters. The van der Waals surface area contributed by atoms with E-state index in [1.54, 1.807) is 36.4 Å². The van der Waals surface area contributed by atoms with Gasteiger partial charge in [-0.1, -0.05) is 29.8 Å². The molecule has 1 aliphatic heterocycles. The number of nitrogens with one attached hydrogen (secondary N) is 1. The van der Waals surface area contributed by atoms with Gasteiger partial charge < -0.3 is 25.0 Å². The molecule has 2 heterocycles. The van der Waals surface area contributed by atoms with Gasteiger partial charge in [-0.3, -0.25) is 19.7 Å². The summed E-state index contributed by atoms with van der Waals surface area (Å²) in [5, 5.41) is 14.7. The van der Waals surface area contributed by atoms with Gasteiger partial charge in [0.1, 0.15) is 0 Å². The monoisotopic (exact) mass is 534 g/mol. The number of halogens is 1. The highest BCUT2D eigenvalue weighted by molar-refractivity contribution is 6.36. The van der Waals surface area contributed by atoms with E-state index in [4.69, 9.17) is 22.1 Å². The summed E-state index contributed by atoms with van der Waals surface area (Å²) in [6.45, 7) is 1.43. The average molecular weight is 535 g/mol. The van der Waals surface area contributed by atoms with E-state index in [0.29, 0.717) is 44.6 Å². The van der Waals surface area contributed by atoms with E-state index in [1.807, 2.05) is 23.6 Å². The van der Waals surface area contributed by atoms with E-state index in [-0.39, 0.29) is 35.6 Å². The minimum Gasteiger partial charge on any atom is -0.504 e. The van der Waals surface area contributed by atoms with Gasteiger partial charge >= 0.3 is 0 Å². The standard InChI is InChI=1S/C28H27ClN4O5/c1-32(2)9-5-11-38-22-14-19-17(13-21(22)34)24-20(33(19)10-8-23(30)35)12-16(15-6-3-4-7-18(15)29)25-26(24)28(37)31-27(25)36/h3-4,6-7,12-14,34H,5,8-11H2,1-2H3,(H2,30,35)(H,31,36,37). The molecule has 196 valence electrons. The Bertz CT molecular complexity index is 1630. The van der Waals surface area contributed by atoms with Crippen LogP contribution in [0.3, 0.4) is 0 Å². The summed E-state index contributed by atoms with van der Waals surface area (Å²) < 4.78 is 7.74. The van der Waals surface area contributed by atoms with E-state index >= 15 is 0 Å². The zero-order valence-corrected chi connectivity index (χ0v) is 21.8. The van der Waals surface area contributed by atoms with Crippen molar-refractivity contribution < 1.29 is 24.2 Å². The van der Waals surface area contributed by atoms with Crippen molar-refractivity contribution in [2.24, 2.45) is 5.73 Å². The van der Waals surface area contributed by atoms with Gasteiger partial charge in [0.05, 0.1) is 28.8 Å². The lowest BCUT2D eigenvalue weighted by Crippen LogP contribution is -2.20. The molecule has 0 radical (unpaired) electrons. The number of rotatable bonds is 9. The molecule has 0 bridgehead atoms. The molecule has 4 N–H and O–H groups in total. The number of aromatic hydroxyl groups is 1. The molecule has 0 fully saturated rings. The predicted octanol–water partition coefficient (Wildman–Crippen LogP) is 3.91. The predicted molar refractivity (Wildman–Crippen MR) is 146 cm³/mol. The van der Waals surface area contributed by atoms with Gasteiger partial charge in [-0.05, 0) is 44.3 Å². The molecular weight excluding hydrogens is 508 g/mol. The first-order valence-electron chi connectivity index (χ1n) is 12.2. The molecular formula is C28H27ClN4O5. The van der Waals surface area contributed by atoms with Crippen LogP contribution in [0.25, 0.3) is 32.9 Å². The molecule has 10 heteroatoms. The Kier molecular flexibility index (Phi) is 6.73. The number of nitrogens with zero attached hydrogens (tertiary/aromatic N) is 2. The molecule has 0 aliphatic carbocycles. The van der Waals surface area contributed by atoms with Gasteiger partial charge in [0.15, 0.2) is 11.5 Å². The third-order valence-electron chi connectivity index (χ3n) is 6.67. The zero-order chi connectivity index (χ0) is 27.1. The molecule has 1 aromatic heterocycles. The minimum atomic E-state index is -0.540. The Hall–Kier alpha value is -4.08. The topological polar surface area (TPSA) is 127 Å². The van der Waals surface area contributed by atoms with Crippen LogP contribution < -0.4 is 15.8 Å². The van der Waals surface area contributed by atoms with Crippen molar-refractivity contribution in [3.05, 3.63) is 58.6 Å². The Labute approximate surface area is 223 Å². The largest absolute Gasteiger partial charge is 0.504 e. The Balaban J connectivity index is 1.79. The molecule has 38 heavy (non-hydrogen) atoms. The highest BCUT2D eigenvalue weighted by Gasteiger charge is 2.35. The normalized spacial score (nSPS) is 12.9. The van der Waals surface area contributed by atoms with Crippen molar-refractivity contribution in [2.75, 3.05) is 27.2 Å². The first kappa shape index (κ1) is 25.6. The molecule has 1 aliphatic rings. The van der Waals surface area contributed by atoms with Gasteiger partial charge in [0.2, 0.25) is 5.91 Å². The molecule has 3 amide bonds. The third kappa shape index (κ3) is 4.44. The summed E-state index contributed by atoms with van der Waals surface area (Å²) >= 11 is 6.50. The van der Waals surface area contributed by atoms with Crippen LogP contribution in [0.4, 0.5) is 0 Å². The van der Waals surface area contributed by atoms with E-state index in [0.717, 1.165) is 13.0 Å². The summed E-state index contributed by atoms with van der Waals surface area (Å²) in [7, 11) is 3.94. The number of imide groups is 1. The maximum atomic E-state index is 13.1. The number of amides is 3. The summed E-state index contributed by atoms with van der Waals surface area (Å²) in [5.74, 6) is -1.36. The number of carbonyl (C=O) groups is 3. The van der Waals surface area contributed by atoms with Crippen molar-refractivity contribution in [1.29, 1.82) is 0 Å². The first-order valence-corrected chi connectivity index (χ1v) is 12.6. The highest BCUT2D eigenvalue weighted by Crippen LogP contribution is 2.44. The lowest BCUT2D eigenvalue weighted by Gasteiger charge is -2.13. The fraction of sp³-hybridized carbons (Fsp3) is 0.250. The number of phenols is 1. The van der Waals surface area contributed by atoms with Crippen molar-refractivity contribution in [3.63, 3.8) is 0 Å². The van der Waals surface area contributed by atoms with Crippen molar-refractivity contribution in [1.82, 2.24) is 14.8 Å². The number of benzene rings is 3.